The molecule has 1 atom stereocenters. The van der Waals surface area contributed by atoms with Gasteiger partial charge in [-0.2, -0.15) is 0 Å². The van der Waals surface area contributed by atoms with E-state index in [2.05, 4.69) is 20.9 Å². The summed E-state index contributed by atoms with van der Waals surface area (Å²) in [7, 11) is 0. The van der Waals surface area contributed by atoms with Crippen molar-refractivity contribution in [2.75, 3.05) is 0 Å². The molecule has 1 aromatic heterocycles. The van der Waals surface area contributed by atoms with E-state index in [1.807, 2.05) is 25.1 Å². The number of aromatic nitrogens is 1. The van der Waals surface area contributed by atoms with Crippen LogP contribution in [0.5, 0.6) is 5.75 Å². The highest BCUT2D eigenvalue weighted by molar-refractivity contribution is 9.10. The quantitative estimate of drug-likeness (QED) is 0.911. The van der Waals surface area contributed by atoms with E-state index in [4.69, 9.17) is 22.1 Å². The van der Waals surface area contributed by atoms with Crippen LogP contribution < -0.4 is 10.5 Å². The highest BCUT2D eigenvalue weighted by Gasteiger charge is 2.09. The van der Waals surface area contributed by atoms with E-state index in [-0.39, 0.29) is 6.04 Å². The molecule has 3 nitrogen and oxygen atoms in total. The van der Waals surface area contributed by atoms with Gasteiger partial charge in [-0.1, -0.05) is 11.6 Å². The number of pyridine rings is 1. The Labute approximate surface area is 125 Å². The van der Waals surface area contributed by atoms with Crippen molar-refractivity contribution in [3.05, 3.63) is 57.3 Å². The largest absolute Gasteiger partial charge is 0.489 e. The third kappa shape index (κ3) is 3.93. The van der Waals surface area contributed by atoms with Gasteiger partial charge in [0.15, 0.2) is 0 Å². The Kier molecular flexibility index (Phi) is 4.80. The topological polar surface area (TPSA) is 48.1 Å². The summed E-state index contributed by atoms with van der Waals surface area (Å²) in [4.78, 5) is 4.10. The molecule has 0 saturated heterocycles. The molecule has 0 radical (unpaired) electrons. The molecule has 2 N–H and O–H groups in total. The van der Waals surface area contributed by atoms with Gasteiger partial charge in [0.25, 0.3) is 0 Å². The predicted octanol–water partition coefficient (Wildman–Crippen LogP) is 4.10. The second-order valence-electron chi connectivity index (χ2n) is 4.27. The molecule has 0 saturated carbocycles. The number of hydrogen-bond donors (Lipinski definition) is 1. The summed E-state index contributed by atoms with van der Waals surface area (Å²) in [6, 6.07) is 7.30. The van der Waals surface area contributed by atoms with Crippen molar-refractivity contribution >= 4 is 27.5 Å². The minimum atomic E-state index is -0.130. The fourth-order valence-electron chi connectivity index (χ4n) is 1.70. The van der Waals surface area contributed by atoms with Crippen LogP contribution in [0.2, 0.25) is 5.02 Å². The van der Waals surface area contributed by atoms with Gasteiger partial charge in [0, 0.05) is 39.1 Å². The molecule has 0 aliphatic heterocycles. The molecule has 1 aromatic carbocycles. The van der Waals surface area contributed by atoms with E-state index in [9.17, 15) is 0 Å². The zero-order chi connectivity index (χ0) is 13.8. The van der Waals surface area contributed by atoms with Crippen LogP contribution in [0.25, 0.3) is 0 Å². The van der Waals surface area contributed by atoms with E-state index >= 15 is 0 Å². The maximum Gasteiger partial charge on any atom is 0.124 e. The first kappa shape index (κ1) is 14.3. The Morgan fingerprint density at radius 3 is 2.84 bits per heavy atom. The number of nitrogens with two attached hydrogens (primary N) is 1. The molecule has 0 aliphatic rings. The lowest BCUT2D eigenvalue weighted by Crippen LogP contribution is -2.08. The number of hydrogen-bond acceptors (Lipinski definition) is 3. The maximum atomic E-state index is 5.97. The molecule has 2 aromatic rings. The molecule has 0 amide bonds. The van der Waals surface area contributed by atoms with Gasteiger partial charge in [-0.3, -0.25) is 4.98 Å². The van der Waals surface area contributed by atoms with Gasteiger partial charge in [-0.15, -0.1) is 0 Å². The number of nitrogens with zero attached hydrogens (tertiary/aromatic N) is 1. The molecule has 0 bridgehead atoms. The molecule has 0 unspecified atom stereocenters. The average Bonchev–Trinajstić information content (AvgIpc) is 2.37. The highest BCUT2D eigenvalue weighted by atomic mass is 79.9. The third-order valence-corrected chi connectivity index (χ3v) is 3.29. The molecule has 1 heterocycles. The van der Waals surface area contributed by atoms with Crippen LogP contribution >= 0.6 is 27.5 Å². The molecule has 19 heavy (non-hydrogen) atoms. The summed E-state index contributed by atoms with van der Waals surface area (Å²) in [5.41, 5.74) is 7.80. The van der Waals surface area contributed by atoms with E-state index in [0.717, 1.165) is 21.3 Å². The lowest BCUT2D eigenvalue weighted by atomic mass is 10.1. The van der Waals surface area contributed by atoms with E-state index in [0.29, 0.717) is 11.6 Å². The van der Waals surface area contributed by atoms with Crippen LogP contribution in [0.1, 0.15) is 24.1 Å². The molecule has 100 valence electrons. The van der Waals surface area contributed by atoms with Crippen molar-refractivity contribution in [3.8, 4) is 5.75 Å². The predicted molar refractivity (Wildman–Crippen MR) is 80.3 cm³/mol. The molecule has 5 heteroatoms. The first-order valence-corrected chi connectivity index (χ1v) is 7.00. The molecule has 0 spiro atoms. The van der Waals surface area contributed by atoms with Crippen molar-refractivity contribution < 1.29 is 4.74 Å². The van der Waals surface area contributed by atoms with Crippen molar-refractivity contribution in [2.45, 2.75) is 19.6 Å². The Balaban J connectivity index is 2.15. The van der Waals surface area contributed by atoms with Gasteiger partial charge >= 0.3 is 0 Å². The SMILES string of the molecule is C[C@@H](N)c1cc(Cl)ccc1OCc1cncc(Br)c1. The summed E-state index contributed by atoms with van der Waals surface area (Å²) >= 11 is 9.35. The summed E-state index contributed by atoms with van der Waals surface area (Å²) in [6.07, 6.45) is 3.51. The number of benzene rings is 1. The van der Waals surface area contributed by atoms with Crippen molar-refractivity contribution in [2.24, 2.45) is 5.73 Å². The zero-order valence-electron chi connectivity index (χ0n) is 10.4. The second kappa shape index (κ2) is 6.37. The molecule has 0 fully saturated rings. The van der Waals surface area contributed by atoms with Crippen LogP contribution in [0.15, 0.2) is 41.1 Å². The highest BCUT2D eigenvalue weighted by Crippen LogP contribution is 2.28. The Morgan fingerprint density at radius 1 is 1.37 bits per heavy atom. The van der Waals surface area contributed by atoms with Gasteiger partial charge in [0.1, 0.15) is 12.4 Å². The first-order valence-electron chi connectivity index (χ1n) is 5.83. The smallest absolute Gasteiger partial charge is 0.124 e. The lowest BCUT2D eigenvalue weighted by Gasteiger charge is -2.14. The van der Waals surface area contributed by atoms with Crippen molar-refractivity contribution in [3.63, 3.8) is 0 Å². The van der Waals surface area contributed by atoms with Gasteiger partial charge in [-0.05, 0) is 47.1 Å². The third-order valence-electron chi connectivity index (χ3n) is 2.62. The maximum absolute atomic E-state index is 5.97. The fraction of sp³-hybridized carbons (Fsp3) is 0.214. The number of ether oxygens (including phenoxy) is 1. The molecule has 0 aliphatic carbocycles. The van der Waals surface area contributed by atoms with Gasteiger partial charge < -0.3 is 10.5 Å². The minimum Gasteiger partial charge on any atom is -0.489 e. The summed E-state index contributed by atoms with van der Waals surface area (Å²) in [5.74, 6) is 0.749. The van der Waals surface area contributed by atoms with E-state index in [1.54, 1.807) is 18.5 Å². The lowest BCUT2D eigenvalue weighted by molar-refractivity contribution is 0.301. The number of halogens is 2. The monoisotopic (exact) mass is 340 g/mol. The molecule has 2 rings (SSSR count). The zero-order valence-corrected chi connectivity index (χ0v) is 12.8. The Morgan fingerprint density at radius 2 is 2.16 bits per heavy atom. The van der Waals surface area contributed by atoms with Crippen LogP contribution in [0.4, 0.5) is 0 Å². The Hall–Kier alpha value is -1.10. The summed E-state index contributed by atoms with van der Waals surface area (Å²) in [5, 5.41) is 0.656. The summed E-state index contributed by atoms with van der Waals surface area (Å²) < 4.78 is 6.72. The standard InChI is InChI=1S/C14H14BrClN2O/c1-9(17)13-5-12(16)2-3-14(13)19-8-10-4-11(15)7-18-6-10/h2-7,9H,8,17H2,1H3/t9-/m1/s1. The van der Waals surface area contributed by atoms with Gasteiger partial charge in [0.05, 0.1) is 0 Å². The van der Waals surface area contributed by atoms with Crippen molar-refractivity contribution in [1.29, 1.82) is 0 Å². The first-order chi connectivity index (χ1) is 9.06. The average molecular weight is 342 g/mol. The van der Waals surface area contributed by atoms with Gasteiger partial charge in [-0.25, -0.2) is 0 Å². The van der Waals surface area contributed by atoms with E-state index < -0.39 is 0 Å². The summed E-state index contributed by atoms with van der Waals surface area (Å²) in [6.45, 7) is 2.34. The van der Waals surface area contributed by atoms with E-state index in [1.165, 1.54) is 0 Å². The van der Waals surface area contributed by atoms with Crippen LogP contribution in [0.3, 0.4) is 0 Å². The molecular formula is C14H14BrClN2O. The van der Waals surface area contributed by atoms with Crippen LogP contribution in [-0.4, -0.2) is 4.98 Å². The fourth-order valence-corrected chi connectivity index (χ4v) is 2.30. The molecular weight excluding hydrogens is 328 g/mol. The van der Waals surface area contributed by atoms with Crippen LogP contribution in [0, 0.1) is 0 Å². The minimum absolute atomic E-state index is 0.130. The Bertz CT molecular complexity index is 575. The normalized spacial score (nSPS) is 12.2. The van der Waals surface area contributed by atoms with Crippen LogP contribution in [-0.2, 0) is 6.61 Å². The van der Waals surface area contributed by atoms with Crippen molar-refractivity contribution in [1.82, 2.24) is 4.98 Å². The van der Waals surface area contributed by atoms with Gasteiger partial charge in [0.2, 0.25) is 0 Å². The second-order valence-corrected chi connectivity index (χ2v) is 5.62. The number of rotatable bonds is 4.